The van der Waals surface area contributed by atoms with Crippen LogP contribution in [-0.4, -0.2) is 48.2 Å². The first-order valence-electron chi connectivity index (χ1n) is 6.37. The Labute approximate surface area is 109 Å². The summed E-state index contributed by atoms with van der Waals surface area (Å²) in [4.78, 5) is 10.9. The third kappa shape index (κ3) is 2.56. The number of anilines is 1. The highest BCUT2D eigenvalue weighted by molar-refractivity contribution is 5.39. The molecule has 0 bridgehead atoms. The number of ether oxygens (including phenoxy) is 1. The van der Waals surface area contributed by atoms with Crippen LogP contribution in [0.1, 0.15) is 25.1 Å². The van der Waals surface area contributed by atoms with E-state index < -0.39 is 0 Å². The largest absolute Gasteiger partial charge is 0.481 e. The average molecular weight is 250 g/mol. The van der Waals surface area contributed by atoms with Gasteiger partial charge < -0.3 is 15.0 Å². The summed E-state index contributed by atoms with van der Waals surface area (Å²) in [5, 5.41) is 3.41. The van der Waals surface area contributed by atoms with Crippen LogP contribution in [0, 0.1) is 6.92 Å². The molecule has 1 N–H and O–H groups in total. The first kappa shape index (κ1) is 13.1. The molecule has 0 aliphatic heterocycles. The number of nitrogens with zero attached hydrogens (tertiary/aromatic N) is 3. The Morgan fingerprint density at radius 1 is 1.39 bits per heavy atom. The molecule has 5 heteroatoms. The predicted molar refractivity (Wildman–Crippen MR) is 72.1 cm³/mol. The molecule has 0 radical (unpaired) electrons. The summed E-state index contributed by atoms with van der Waals surface area (Å²) in [6.45, 7) is 2.79. The van der Waals surface area contributed by atoms with Crippen molar-refractivity contribution < 1.29 is 4.74 Å². The highest BCUT2D eigenvalue weighted by atomic mass is 16.5. The molecule has 1 heterocycles. The zero-order valence-electron chi connectivity index (χ0n) is 11.7. The number of hydrogen-bond acceptors (Lipinski definition) is 5. The second kappa shape index (κ2) is 5.10. The minimum atomic E-state index is 0.284. The summed E-state index contributed by atoms with van der Waals surface area (Å²) < 4.78 is 5.15. The fraction of sp³-hybridized carbons (Fsp3) is 0.692. The fourth-order valence-corrected chi connectivity index (χ4v) is 2.36. The molecular weight excluding hydrogens is 228 g/mol. The van der Waals surface area contributed by atoms with Crippen LogP contribution in [0.4, 0.5) is 5.82 Å². The fourth-order valence-electron chi connectivity index (χ4n) is 2.36. The lowest BCUT2D eigenvalue weighted by molar-refractivity contribution is 0.0738. The number of methoxy groups -OCH3 is 1. The van der Waals surface area contributed by atoms with Crippen LogP contribution in [0.25, 0.3) is 0 Å². The molecule has 1 aliphatic rings. The monoisotopic (exact) mass is 250 g/mol. The van der Waals surface area contributed by atoms with E-state index in [9.17, 15) is 0 Å². The molecular formula is C13H22N4O. The number of aromatic nitrogens is 2. The molecule has 1 fully saturated rings. The van der Waals surface area contributed by atoms with Gasteiger partial charge in [0.1, 0.15) is 11.6 Å². The van der Waals surface area contributed by atoms with Gasteiger partial charge in [-0.15, -0.1) is 0 Å². The molecule has 18 heavy (non-hydrogen) atoms. The van der Waals surface area contributed by atoms with E-state index in [1.54, 1.807) is 7.11 Å². The number of aryl methyl sites for hydroxylation is 1. The van der Waals surface area contributed by atoms with Crippen molar-refractivity contribution in [2.75, 3.05) is 33.1 Å². The van der Waals surface area contributed by atoms with Gasteiger partial charge in [0.25, 0.3) is 0 Å². The zero-order chi connectivity index (χ0) is 13.2. The van der Waals surface area contributed by atoms with Crippen molar-refractivity contribution in [1.29, 1.82) is 0 Å². The Bertz CT molecular complexity index is 415. The maximum Gasteiger partial charge on any atom is 0.218 e. The Hall–Kier alpha value is -1.36. The van der Waals surface area contributed by atoms with Crippen LogP contribution in [0.15, 0.2) is 6.07 Å². The summed E-state index contributed by atoms with van der Waals surface area (Å²) in [5.74, 6) is 2.18. The van der Waals surface area contributed by atoms with Gasteiger partial charge in [-0.05, 0) is 40.3 Å². The summed E-state index contributed by atoms with van der Waals surface area (Å²) in [6.07, 6.45) is 3.80. The van der Waals surface area contributed by atoms with E-state index in [2.05, 4.69) is 34.3 Å². The van der Waals surface area contributed by atoms with Crippen molar-refractivity contribution in [2.24, 2.45) is 0 Å². The Morgan fingerprint density at radius 3 is 2.61 bits per heavy atom. The number of rotatable bonds is 5. The molecule has 100 valence electrons. The highest BCUT2D eigenvalue weighted by Crippen LogP contribution is 2.36. The molecule has 1 aromatic heterocycles. The van der Waals surface area contributed by atoms with Gasteiger partial charge in [-0.3, -0.25) is 0 Å². The third-order valence-corrected chi connectivity index (χ3v) is 3.86. The van der Waals surface area contributed by atoms with Crippen molar-refractivity contribution in [3.05, 3.63) is 11.9 Å². The minimum absolute atomic E-state index is 0.284. The van der Waals surface area contributed by atoms with Gasteiger partial charge in [-0.2, -0.15) is 4.98 Å². The Balaban J connectivity index is 2.03. The predicted octanol–water partition coefficient (Wildman–Crippen LogP) is 1.69. The van der Waals surface area contributed by atoms with Gasteiger partial charge in [0.2, 0.25) is 5.88 Å². The van der Waals surface area contributed by atoms with Gasteiger partial charge in [-0.1, -0.05) is 0 Å². The molecule has 1 aromatic rings. The van der Waals surface area contributed by atoms with E-state index in [0.717, 1.165) is 18.2 Å². The third-order valence-electron chi connectivity index (χ3n) is 3.86. The average Bonchev–Trinajstić information content (AvgIpc) is 2.26. The van der Waals surface area contributed by atoms with E-state index in [1.165, 1.54) is 19.3 Å². The van der Waals surface area contributed by atoms with E-state index in [1.807, 2.05) is 13.0 Å². The highest BCUT2D eigenvalue weighted by Gasteiger charge is 2.38. The van der Waals surface area contributed by atoms with Gasteiger partial charge in [0.05, 0.1) is 7.11 Å². The minimum Gasteiger partial charge on any atom is -0.481 e. The smallest absolute Gasteiger partial charge is 0.218 e. The van der Waals surface area contributed by atoms with Crippen LogP contribution >= 0.6 is 0 Å². The van der Waals surface area contributed by atoms with Gasteiger partial charge in [0.15, 0.2) is 0 Å². The molecule has 2 rings (SSSR count). The lowest BCUT2D eigenvalue weighted by Gasteiger charge is -2.47. The summed E-state index contributed by atoms with van der Waals surface area (Å²) in [5.41, 5.74) is 0.284. The number of hydrogen-bond donors (Lipinski definition) is 1. The molecule has 0 spiro atoms. The van der Waals surface area contributed by atoms with Crippen molar-refractivity contribution in [2.45, 2.75) is 31.7 Å². The van der Waals surface area contributed by atoms with E-state index in [0.29, 0.717) is 5.88 Å². The van der Waals surface area contributed by atoms with Crippen LogP contribution in [0.3, 0.4) is 0 Å². The quantitative estimate of drug-likeness (QED) is 0.862. The lowest BCUT2D eigenvalue weighted by Crippen LogP contribution is -2.54. The molecule has 0 amide bonds. The summed E-state index contributed by atoms with van der Waals surface area (Å²) >= 11 is 0. The maximum absolute atomic E-state index is 5.15. The van der Waals surface area contributed by atoms with Crippen molar-refractivity contribution in [1.82, 2.24) is 14.9 Å². The molecule has 1 saturated carbocycles. The normalized spacial score (nSPS) is 17.4. The lowest BCUT2D eigenvalue weighted by atomic mass is 9.75. The van der Waals surface area contributed by atoms with Crippen molar-refractivity contribution >= 4 is 5.82 Å². The number of nitrogens with one attached hydrogen (secondary N) is 1. The molecule has 1 aliphatic carbocycles. The number of likely N-dealkylation sites (N-methyl/N-ethyl adjacent to an activating group) is 1. The summed E-state index contributed by atoms with van der Waals surface area (Å²) in [7, 11) is 5.91. The van der Waals surface area contributed by atoms with Crippen LogP contribution in [-0.2, 0) is 0 Å². The second-order valence-electron chi connectivity index (χ2n) is 5.17. The van der Waals surface area contributed by atoms with Crippen LogP contribution in [0.2, 0.25) is 0 Å². The first-order chi connectivity index (χ1) is 8.55. The molecule has 0 unspecified atom stereocenters. The van der Waals surface area contributed by atoms with E-state index in [4.69, 9.17) is 4.74 Å². The van der Waals surface area contributed by atoms with E-state index in [-0.39, 0.29) is 5.54 Å². The van der Waals surface area contributed by atoms with Crippen LogP contribution in [0.5, 0.6) is 5.88 Å². The zero-order valence-corrected chi connectivity index (χ0v) is 11.7. The summed E-state index contributed by atoms with van der Waals surface area (Å²) in [6, 6.07) is 1.84. The van der Waals surface area contributed by atoms with Crippen molar-refractivity contribution in [3.63, 3.8) is 0 Å². The first-order valence-corrected chi connectivity index (χ1v) is 6.37. The molecule has 0 aromatic carbocycles. The van der Waals surface area contributed by atoms with E-state index >= 15 is 0 Å². The SMILES string of the molecule is COc1cc(NCC2(N(C)C)CCC2)nc(C)n1. The van der Waals surface area contributed by atoms with Gasteiger partial charge in [-0.25, -0.2) is 4.98 Å². The molecule has 0 saturated heterocycles. The molecule has 5 nitrogen and oxygen atoms in total. The maximum atomic E-state index is 5.15. The van der Waals surface area contributed by atoms with Crippen molar-refractivity contribution in [3.8, 4) is 5.88 Å². The van der Waals surface area contributed by atoms with Gasteiger partial charge in [0, 0.05) is 18.2 Å². The van der Waals surface area contributed by atoms with Gasteiger partial charge >= 0.3 is 0 Å². The Morgan fingerprint density at radius 2 is 2.11 bits per heavy atom. The Kier molecular flexibility index (Phi) is 3.71. The standard InChI is InChI=1S/C13H22N4O/c1-10-15-11(8-12(16-10)18-4)14-9-13(17(2)3)6-5-7-13/h8H,5-7,9H2,1-4H3,(H,14,15,16). The molecule has 0 atom stereocenters. The topological polar surface area (TPSA) is 50.3 Å². The second-order valence-corrected chi connectivity index (χ2v) is 5.17. The van der Waals surface area contributed by atoms with Crippen LogP contribution < -0.4 is 10.1 Å².